The molecule has 2 heterocycles. The molecule has 0 aliphatic carbocycles. The highest BCUT2D eigenvalue weighted by atomic mass is 35.5. The van der Waals surface area contributed by atoms with Crippen molar-refractivity contribution in [3.8, 4) is 5.75 Å². The number of halogens is 1. The van der Waals surface area contributed by atoms with E-state index < -0.39 is 0 Å². The Morgan fingerprint density at radius 3 is 2.81 bits per heavy atom. The molecule has 3 rings (SSSR count). The Balaban J connectivity index is 1.69. The highest BCUT2D eigenvalue weighted by Crippen LogP contribution is 2.25. The largest absolute Gasteiger partial charge is 0.494 e. The van der Waals surface area contributed by atoms with Gasteiger partial charge in [0, 0.05) is 18.1 Å². The van der Waals surface area contributed by atoms with Gasteiger partial charge in [-0.15, -0.1) is 0 Å². The van der Waals surface area contributed by atoms with Crippen LogP contribution < -0.4 is 15.4 Å². The zero-order valence-electron chi connectivity index (χ0n) is 15.4. The molecule has 0 fully saturated rings. The van der Waals surface area contributed by atoms with Gasteiger partial charge < -0.3 is 15.4 Å². The van der Waals surface area contributed by atoms with E-state index in [9.17, 15) is 0 Å². The van der Waals surface area contributed by atoms with Crippen LogP contribution in [0.1, 0.15) is 18.3 Å². The van der Waals surface area contributed by atoms with E-state index in [0.29, 0.717) is 29.6 Å². The molecule has 0 atom stereocenters. The Morgan fingerprint density at radius 1 is 1.33 bits per heavy atom. The minimum Gasteiger partial charge on any atom is -0.494 e. The Bertz CT molecular complexity index is 962. The van der Waals surface area contributed by atoms with Crippen LogP contribution in [0.4, 0.5) is 5.69 Å². The third-order valence-corrected chi connectivity index (χ3v) is 4.28. The number of rotatable bonds is 8. The van der Waals surface area contributed by atoms with Gasteiger partial charge in [-0.05, 0) is 57.0 Å². The number of aromatic nitrogens is 2. The maximum absolute atomic E-state index is 6.23. The molecule has 0 saturated carbocycles. The van der Waals surface area contributed by atoms with Crippen molar-refractivity contribution < 1.29 is 4.74 Å². The summed E-state index contributed by atoms with van der Waals surface area (Å²) in [4.78, 5) is 8.68. The van der Waals surface area contributed by atoms with Crippen LogP contribution in [0.5, 0.6) is 5.75 Å². The maximum atomic E-state index is 6.23. The van der Waals surface area contributed by atoms with Crippen LogP contribution >= 0.6 is 11.6 Å². The standard InChI is InChI=1S/C20H22ClN5O/c1-4-27-16-9-7-15(8-10-16)24-13-23-12-18(22-3)19-14(2)25-20-17(21)6-5-11-26(19)20/h5-12,23-24H,3-4,13H2,1-2H3/b18-12-. The number of anilines is 1. The second-order valence-corrected chi connectivity index (χ2v) is 6.21. The lowest BCUT2D eigenvalue weighted by molar-refractivity contribution is 0.340. The summed E-state index contributed by atoms with van der Waals surface area (Å²) in [6.45, 7) is 8.76. The van der Waals surface area contributed by atoms with Gasteiger partial charge in [-0.1, -0.05) is 11.6 Å². The number of nitrogens with zero attached hydrogens (tertiary/aromatic N) is 3. The summed E-state index contributed by atoms with van der Waals surface area (Å²) in [6.07, 6.45) is 3.72. The van der Waals surface area contributed by atoms with Crippen LogP contribution in [0.25, 0.3) is 11.3 Å². The summed E-state index contributed by atoms with van der Waals surface area (Å²) >= 11 is 6.23. The molecule has 0 bridgehead atoms. The molecule has 0 saturated heterocycles. The fourth-order valence-electron chi connectivity index (χ4n) is 2.78. The number of aryl methyl sites for hydroxylation is 1. The van der Waals surface area contributed by atoms with Crippen molar-refractivity contribution in [1.29, 1.82) is 0 Å². The van der Waals surface area contributed by atoms with Gasteiger partial charge in [0.25, 0.3) is 0 Å². The maximum Gasteiger partial charge on any atom is 0.156 e. The van der Waals surface area contributed by atoms with Gasteiger partial charge in [0.2, 0.25) is 0 Å². The summed E-state index contributed by atoms with van der Waals surface area (Å²) in [6, 6.07) is 11.5. The lowest BCUT2D eigenvalue weighted by atomic mass is 10.2. The predicted octanol–water partition coefficient (Wildman–Crippen LogP) is 4.35. The molecule has 0 aliphatic heterocycles. The van der Waals surface area contributed by atoms with Crippen LogP contribution in [0.3, 0.4) is 0 Å². The fourth-order valence-corrected chi connectivity index (χ4v) is 2.99. The molecular weight excluding hydrogens is 362 g/mol. The average molecular weight is 384 g/mol. The topological polar surface area (TPSA) is 63.0 Å². The zero-order valence-corrected chi connectivity index (χ0v) is 16.1. The third kappa shape index (κ3) is 4.23. The number of imidazole rings is 1. The summed E-state index contributed by atoms with van der Waals surface area (Å²) in [5.41, 5.74) is 4.08. The Hall–Kier alpha value is -2.99. The quantitative estimate of drug-likeness (QED) is 0.345. The van der Waals surface area contributed by atoms with Crippen molar-refractivity contribution in [2.45, 2.75) is 13.8 Å². The van der Waals surface area contributed by atoms with Crippen LogP contribution in [0.15, 0.2) is 53.8 Å². The third-order valence-electron chi connectivity index (χ3n) is 3.99. The van der Waals surface area contributed by atoms with Crippen LogP contribution in [0, 0.1) is 6.92 Å². The van der Waals surface area contributed by atoms with E-state index in [-0.39, 0.29) is 0 Å². The number of nitrogens with one attached hydrogen (secondary N) is 2. The van der Waals surface area contributed by atoms with Gasteiger partial charge in [-0.2, -0.15) is 0 Å². The number of ether oxygens (including phenoxy) is 1. The Labute approximate surface area is 163 Å². The summed E-state index contributed by atoms with van der Waals surface area (Å²) in [7, 11) is 0. The summed E-state index contributed by atoms with van der Waals surface area (Å²) in [5.74, 6) is 0.857. The van der Waals surface area contributed by atoms with E-state index in [4.69, 9.17) is 16.3 Å². The van der Waals surface area contributed by atoms with Crippen molar-refractivity contribution in [2.75, 3.05) is 18.6 Å². The molecule has 0 radical (unpaired) electrons. The number of hydrogen-bond acceptors (Lipinski definition) is 5. The van der Waals surface area contributed by atoms with E-state index in [1.807, 2.05) is 67.0 Å². The van der Waals surface area contributed by atoms with Crippen molar-refractivity contribution in [1.82, 2.24) is 14.7 Å². The highest BCUT2D eigenvalue weighted by molar-refractivity contribution is 6.33. The molecule has 6 nitrogen and oxygen atoms in total. The van der Waals surface area contributed by atoms with Crippen molar-refractivity contribution >= 4 is 35.4 Å². The zero-order chi connectivity index (χ0) is 19.2. The smallest absolute Gasteiger partial charge is 0.156 e. The summed E-state index contributed by atoms with van der Waals surface area (Å²) < 4.78 is 7.36. The molecule has 2 aromatic heterocycles. The second kappa shape index (κ2) is 8.60. The minimum absolute atomic E-state index is 0.531. The van der Waals surface area contributed by atoms with Crippen LogP contribution in [-0.2, 0) is 0 Å². The van der Waals surface area contributed by atoms with Gasteiger partial charge in [-0.3, -0.25) is 9.39 Å². The molecule has 140 valence electrons. The van der Waals surface area contributed by atoms with Gasteiger partial charge >= 0.3 is 0 Å². The lowest BCUT2D eigenvalue weighted by Gasteiger charge is -2.09. The van der Waals surface area contributed by atoms with Crippen LogP contribution in [-0.4, -0.2) is 29.4 Å². The molecular formula is C20H22ClN5O. The van der Waals surface area contributed by atoms with Crippen molar-refractivity contribution in [3.05, 3.63) is 65.2 Å². The summed E-state index contributed by atoms with van der Waals surface area (Å²) in [5, 5.41) is 7.09. The molecule has 27 heavy (non-hydrogen) atoms. The highest BCUT2D eigenvalue weighted by Gasteiger charge is 2.14. The average Bonchev–Trinajstić information content (AvgIpc) is 3.01. The molecule has 0 aliphatic rings. The first-order valence-corrected chi connectivity index (χ1v) is 9.02. The lowest BCUT2D eigenvalue weighted by Crippen LogP contribution is -2.16. The number of hydrogen-bond donors (Lipinski definition) is 2. The van der Waals surface area contributed by atoms with E-state index >= 15 is 0 Å². The molecule has 1 aromatic carbocycles. The Morgan fingerprint density at radius 2 is 2.11 bits per heavy atom. The van der Waals surface area contributed by atoms with Crippen LogP contribution in [0.2, 0.25) is 5.02 Å². The number of fused-ring (bicyclic) bond motifs is 1. The predicted molar refractivity (Wildman–Crippen MR) is 112 cm³/mol. The number of benzene rings is 1. The molecule has 2 N–H and O–H groups in total. The van der Waals surface area contributed by atoms with Crippen molar-refractivity contribution in [3.63, 3.8) is 0 Å². The van der Waals surface area contributed by atoms with Gasteiger partial charge in [0.05, 0.1) is 29.7 Å². The molecule has 0 unspecified atom stereocenters. The first-order valence-electron chi connectivity index (χ1n) is 8.64. The van der Waals surface area contributed by atoms with Gasteiger partial charge in [0.15, 0.2) is 5.65 Å². The Kier molecular flexibility index (Phi) is 5.98. The van der Waals surface area contributed by atoms with E-state index in [0.717, 1.165) is 22.8 Å². The normalized spacial score (nSPS) is 11.4. The van der Waals surface area contributed by atoms with Gasteiger partial charge in [-0.25, -0.2) is 4.98 Å². The number of aliphatic imine (C=N–C) groups is 1. The fraction of sp³-hybridized carbons (Fsp3) is 0.200. The second-order valence-electron chi connectivity index (χ2n) is 5.80. The monoisotopic (exact) mass is 383 g/mol. The first kappa shape index (κ1) is 18.8. The first-order chi connectivity index (χ1) is 13.1. The SMILES string of the molecule is C=N/C(=C\NCNc1ccc(OCC)cc1)c1c(C)nc2c(Cl)cccn12. The minimum atomic E-state index is 0.531. The van der Waals surface area contributed by atoms with E-state index in [1.165, 1.54) is 0 Å². The van der Waals surface area contributed by atoms with E-state index in [2.05, 4.69) is 27.3 Å². The van der Waals surface area contributed by atoms with E-state index in [1.54, 1.807) is 0 Å². The number of pyridine rings is 1. The molecule has 7 heteroatoms. The van der Waals surface area contributed by atoms with Crippen molar-refractivity contribution in [2.24, 2.45) is 4.99 Å². The molecule has 0 amide bonds. The van der Waals surface area contributed by atoms with Gasteiger partial charge in [0.1, 0.15) is 11.4 Å². The molecule has 0 spiro atoms. The molecule has 3 aromatic rings.